The molecular weight excluding hydrogens is 186 g/mol. The Hall–Kier alpha value is -1.38. The summed E-state index contributed by atoms with van der Waals surface area (Å²) in [4.78, 5) is 4.38. The highest BCUT2D eigenvalue weighted by Gasteiger charge is 2.24. The molecule has 1 aromatic rings. The van der Waals surface area contributed by atoms with E-state index in [1.807, 2.05) is 24.1 Å². The van der Waals surface area contributed by atoms with Crippen LogP contribution in [0.1, 0.15) is 38.4 Å². The highest BCUT2D eigenvalue weighted by molar-refractivity contribution is 5.81. The maximum Gasteiger partial charge on any atom is 0.0696 e. The number of aryl methyl sites for hydroxylation is 1. The maximum atomic E-state index is 4.38. The van der Waals surface area contributed by atoms with Crippen LogP contribution in [0.25, 0.3) is 5.70 Å². The van der Waals surface area contributed by atoms with E-state index >= 15 is 0 Å². The molecule has 0 bridgehead atoms. The number of hydrogen-bond donors (Lipinski definition) is 0. The van der Waals surface area contributed by atoms with Crippen molar-refractivity contribution in [2.75, 3.05) is 0 Å². The van der Waals surface area contributed by atoms with Gasteiger partial charge < -0.3 is 0 Å². The molecule has 3 nitrogen and oxygen atoms in total. The van der Waals surface area contributed by atoms with Gasteiger partial charge in [-0.3, -0.25) is 9.67 Å². The lowest BCUT2D eigenvalue weighted by atomic mass is 9.88. The summed E-state index contributed by atoms with van der Waals surface area (Å²) in [5.74, 6) is 0. The minimum Gasteiger partial charge on any atom is -0.271 e. The van der Waals surface area contributed by atoms with Gasteiger partial charge in [0.2, 0.25) is 0 Å². The standard InChI is InChI=1S/C12H17N3/c1-12(2,3)11-9(8-14-15(11)4)10-6-5-7-13-10/h6-8H,5H2,1-4H3. The first kappa shape index (κ1) is 10.1. The van der Waals surface area contributed by atoms with Crippen molar-refractivity contribution in [2.45, 2.75) is 32.6 Å². The number of hydrogen-bond acceptors (Lipinski definition) is 2. The number of rotatable bonds is 1. The van der Waals surface area contributed by atoms with E-state index in [0.29, 0.717) is 0 Å². The second-order valence-electron chi connectivity index (χ2n) is 4.92. The lowest BCUT2D eigenvalue weighted by Gasteiger charge is -2.20. The molecule has 0 N–H and O–H groups in total. The molecule has 0 saturated carbocycles. The molecule has 3 heteroatoms. The predicted octanol–water partition coefficient (Wildman–Crippen LogP) is 2.53. The normalized spacial score (nSPS) is 15.9. The smallest absolute Gasteiger partial charge is 0.0696 e. The molecule has 0 amide bonds. The molecule has 0 atom stereocenters. The van der Waals surface area contributed by atoms with Crippen molar-refractivity contribution in [3.05, 3.63) is 23.5 Å². The number of aliphatic imine (C=N–C) groups is 1. The van der Waals surface area contributed by atoms with E-state index in [1.54, 1.807) is 0 Å². The SMILES string of the molecule is Cn1ncc(C2=CCC=N2)c1C(C)(C)C. The third kappa shape index (κ3) is 1.74. The summed E-state index contributed by atoms with van der Waals surface area (Å²) in [6.07, 6.45) is 6.93. The molecule has 2 rings (SSSR count). The average molecular weight is 203 g/mol. The molecule has 15 heavy (non-hydrogen) atoms. The van der Waals surface area contributed by atoms with Gasteiger partial charge in [0.1, 0.15) is 0 Å². The molecule has 0 saturated heterocycles. The molecule has 0 fully saturated rings. The lowest BCUT2D eigenvalue weighted by Crippen LogP contribution is -2.18. The zero-order valence-corrected chi connectivity index (χ0v) is 9.78. The van der Waals surface area contributed by atoms with E-state index in [9.17, 15) is 0 Å². The van der Waals surface area contributed by atoms with E-state index in [1.165, 1.54) is 11.3 Å². The Morgan fingerprint density at radius 1 is 1.33 bits per heavy atom. The lowest BCUT2D eigenvalue weighted by molar-refractivity contribution is 0.522. The molecule has 1 aliphatic rings. The Bertz CT molecular complexity index is 430. The Balaban J connectivity index is 2.54. The van der Waals surface area contributed by atoms with Crippen LogP contribution in [0.4, 0.5) is 0 Å². The van der Waals surface area contributed by atoms with Gasteiger partial charge in [-0.1, -0.05) is 26.8 Å². The van der Waals surface area contributed by atoms with Gasteiger partial charge >= 0.3 is 0 Å². The summed E-state index contributed by atoms with van der Waals surface area (Å²) in [5.41, 5.74) is 3.57. The fourth-order valence-corrected chi connectivity index (χ4v) is 2.06. The van der Waals surface area contributed by atoms with Crippen LogP contribution in [0.5, 0.6) is 0 Å². The molecule has 0 aromatic carbocycles. The van der Waals surface area contributed by atoms with Gasteiger partial charge in [0.15, 0.2) is 0 Å². The molecule has 0 spiro atoms. The van der Waals surface area contributed by atoms with Crippen LogP contribution in [0.2, 0.25) is 0 Å². The van der Waals surface area contributed by atoms with Crippen molar-refractivity contribution in [1.82, 2.24) is 9.78 Å². The van der Waals surface area contributed by atoms with Crippen molar-refractivity contribution in [2.24, 2.45) is 12.0 Å². The maximum absolute atomic E-state index is 4.38. The Kier molecular flexibility index (Phi) is 2.25. The van der Waals surface area contributed by atoms with Crippen LogP contribution in [-0.4, -0.2) is 16.0 Å². The zero-order chi connectivity index (χ0) is 11.1. The highest BCUT2D eigenvalue weighted by atomic mass is 15.3. The summed E-state index contributed by atoms with van der Waals surface area (Å²) in [7, 11) is 1.99. The fraction of sp³-hybridized carbons (Fsp3) is 0.500. The van der Waals surface area contributed by atoms with Gasteiger partial charge in [-0.05, 0) is 0 Å². The van der Waals surface area contributed by atoms with Crippen LogP contribution in [-0.2, 0) is 12.5 Å². The topological polar surface area (TPSA) is 30.2 Å². The van der Waals surface area contributed by atoms with Crippen molar-refractivity contribution in [1.29, 1.82) is 0 Å². The van der Waals surface area contributed by atoms with Gasteiger partial charge in [0.05, 0.1) is 17.6 Å². The molecule has 2 heterocycles. The van der Waals surface area contributed by atoms with Gasteiger partial charge in [0, 0.05) is 30.7 Å². The third-order valence-corrected chi connectivity index (χ3v) is 2.57. The quantitative estimate of drug-likeness (QED) is 0.689. The third-order valence-electron chi connectivity index (χ3n) is 2.57. The van der Waals surface area contributed by atoms with E-state index < -0.39 is 0 Å². The van der Waals surface area contributed by atoms with Crippen molar-refractivity contribution in [3.8, 4) is 0 Å². The van der Waals surface area contributed by atoms with Gasteiger partial charge in [-0.25, -0.2) is 0 Å². The molecule has 1 aliphatic heterocycles. The summed E-state index contributed by atoms with van der Waals surface area (Å²) >= 11 is 0. The van der Waals surface area contributed by atoms with Crippen molar-refractivity contribution < 1.29 is 0 Å². The van der Waals surface area contributed by atoms with E-state index in [0.717, 1.165) is 12.1 Å². The average Bonchev–Trinajstić information content (AvgIpc) is 2.68. The second kappa shape index (κ2) is 3.33. The number of nitrogens with zero attached hydrogens (tertiary/aromatic N) is 3. The summed E-state index contributed by atoms with van der Waals surface area (Å²) in [5, 5.41) is 4.33. The molecule has 0 aliphatic carbocycles. The fourth-order valence-electron chi connectivity index (χ4n) is 2.06. The first-order chi connectivity index (χ1) is 7.00. The number of aromatic nitrogens is 2. The molecule has 1 aromatic heterocycles. The van der Waals surface area contributed by atoms with Crippen LogP contribution < -0.4 is 0 Å². The van der Waals surface area contributed by atoms with E-state index in [2.05, 4.69) is 36.9 Å². The largest absolute Gasteiger partial charge is 0.271 e. The first-order valence-corrected chi connectivity index (χ1v) is 5.25. The summed E-state index contributed by atoms with van der Waals surface area (Å²) in [6.45, 7) is 6.60. The molecule has 80 valence electrons. The summed E-state index contributed by atoms with van der Waals surface area (Å²) in [6, 6.07) is 0. The highest BCUT2D eigenvalue weighted by Crippen LogP contribution is 2.31. The predicted molar refractivity (Wildman–Crippen MR) is 63.0 cm³/mol. The second-order valence-corrected chi connectivity index (χ2v) is 4.92. The monoisotopic (exact) mass is 203 g/mol. The molecule has 0 unspecified atom stereocenters. The van der Waals surface area contributed by atoms with Gasteiger partial charge in [-0.15, -0.1) is 0 Å². The van der Waals surface area contributed by atoms with E-state index in [4.69, 9.17) is 0 Å². The van der Waals surface area contributed by atoms with Crippen LogP contribution in [0.3, 0.4) is 0 Å². The van der Waals surface area contributed by atoms with Crippen LogP contribution in [0, 0.1) is 0 Å². The summed E-state index contributed by atoms with van der Waals surface area (Å²) < 4.78 is 1.95. The van der Waals surface area contributed by atoms with Crippen LogP contribution in [0.15, 0.2) is 17.3 Å². The zero-order valence-electron chi connectivity index (χ0n) is 9.78. The van der Waals surface area contributed by atoms with E-state index in [-0.39, 0.29) is 5.41 Å². The van der Waals surface area contributed by atoms with Crippen molar-refractivity contribution >= 4 is 11.9 Å². The minimum absolute atomic E-state index is 0.0968. The van der Waals surface area contributed by atoms with Crippen LogP contribution >= 0.6 is 0 Å². The first-order valence-electron chi connectivity index (χ1n) is 5.25. The van der Waals surface area contributed by atoms with Gasteiger partial charge in [-0.2, -0.15) is 5.10 Å². The van der Waals surface area contributed by atoms with Gasteiger partial charge in [0.25, 0.3) is 0 Å². The minimum atomic E-state index is 0.0968. The Morgan fingerprint density at radius 2 is 2.07 bits per heavy atom. The Labute approximate surface area is 90.5 Å². The van der Waals surface area contributed by atoms with Crippen molar-refractivity contribution in [3.63, 3.8) is 0 Å². The molecule has 0 radical (unpaired) electrons. The Morgan fingerprint density at radius 3 is 2.60 bits per heavy atom. The number of allylic oxidation sites excluding steroid dienone is 1. The molecular formula is C12H17N3.